The first-order valence-electron chi connectivity index (χ1n) is 5.94. The summed E-state index contributed by atoms with van der Waals surface area (Å²) in [5.74, 6) is 0.397. The maximum absolute atomic E-state index is 10.3. The molecule has 1 heteroatoms. The largest absolute Gasteiger partial charge is 0.507 e. The summed E-state index contributed by atoms with van der Waals surface area (Å²) in [7, 11) is 0. The van der Waals surface area contributed by atoms with Crippen LogP contribution in [-0.4, -0.2) is 5.11 Å². The van der Waals surface area contributed by atoms with Gasteiger partial charge in [0.15, 0.2) is 0 Å². The fourth-order valence-corrected chi connectivity index (χ4v) is 2.58. The zero-order chi connectivity index (χ0) is 11.8. The van der Waals surface area contributed by atoms with Crippen molar-refractivity contribution >= 4 is 21.5 Å². The normalized spacial score (nSPS) is 11.1. The number of hydrogen-bond donors (Lipinski definition) is 1. The van der Waals surface area contributed by atoms with E-state index < -0.39 is 0 Å². The van der Waals surface area contributed by atoms with Gasteiger partial charge in [0.2, 0.25) is 0 Å². The third-order valence-electron chi connectivity index (χ3n) is 3.37. The van der Waals surface area contributed by atoms with Crippen LogP contribution in [0.15, 0.2) is 48.5 Å². The minimum absolute atomic E-state index is 0.397. The molecule has 0 saturated carbocycles. The molecular formula is C16H14O. The van der Waals surface area contributed by atoms with Crippen molar-refractivity contribution in [2.24, 2.45) is 0 Å². The van der Waals surface area contributed by atoms with E-state index in [0.29, 0.717) is 5.75 Å². The van der Waals surface area contributed by atoms with E-state index in [1.807, 2.05) is 36.4 Å². The van der Waals surface area contributed by atoms with Gasteiger partial charge in [-0.25, -0.2) is 0 Å². The maximum atomic E-state index is 10.3. The zero-order valence-electron chi connectivity index (χ0n) is 9.77. The maximum Gasteiger partial charge on any atom is 0.131 e. The van der Waals surface area contributed by atoms with Gasteiger partial charge in [-0.3, -0.25) is 0 Å². The Morgan fingerprint density at radius 2 is 1.18 bits per heavy atom. The predicted octanol–water partition coefficient (Wildman–Crippen LogP) is 4.26. The molecule has 0 atom stereocenters. The fraction of sp³-hybridized carbons (Fsp3) is 0.125. The molecular weight excluding hydrogens is 208 g/mol. The number of aromatic hydroxyl groups is 1. The van der Waals surface area contributed by atoms with E-state index in [9.17, 15) is 5.11 Å². The molecule has 0 fully saturated rings. The molecule has 0 aliphatic heterocycles. The highest BCUT2D eigenvalue weighted by Gasteiger charge is 2.10. The van der Waals surface area contributed by atoms with Gasteiger partial charge in [-0.1, -0.05) is 55.5 Å². The molecule has 84 valence electrons. The van der Waals surface area contributed by atoms with Crippen LogP contribution in [0.1, 0.15) is 12.5 Å². The van der Waals surface area contributed by atoms with E-state index in [0.717, 1.165) is 28.0 Å². The van der Waals surface area contributed by atoms with Crippen LogP contribution in [0.3, 0.4) is 0 Å². The predicted molar refractivity (Wildman–Crippen MR) is 72.5 cm³/mol. The summed E-state index contributed by atoms with van der Waals surface area (Å²) in [5.41, 5.74) is 1.31. The Morgan fingerprint density at radius 3 is 1.59 bits per heavy atom. The summed E-state index contributed by atoms with van der Waals surface area (Å²) in [6, 6.07) is 16.1. The van der Waals surface area contributed by atoms with E-state index in [1.165, 1.54) is 5.56 Å². The van der Waals surface area contributed by atoms with Crippen LogP contribution in [0.4, 0.5) is 0 Å². The highest BCUT2D eigenvalue weighted by Crippen LogP contribution is 2.37. The van der Waals surface area contributed by atoms with Crippen LogP contribution in [0, 0.1) is 0 Å². The zero-order valence-corrected chi connectivity index (χ0v) is 9.77. The second-order valence-corrected chi connectivity index (χ2v) is 4.27. The average Bonchev–Trinajstić information content (AvgIpc) is 2.40. The Morgan fingerprint density at radius 1 is 0.765 bits per heavy atom. The van der Waals surface area contributed by atoms with Crippen molar-refractivity contribution in [1.82, 2.24) is 0 Å². The summed E-state index contributed by atoms with van der Waals surface area (Å²) >= 11 is 0. The van der Waals surface area contributed by atoms with Crippen molar-refractivity contribution in [3.05, 3.63) is 54.1 Å². The first-order valence-corrected chi connectivity index (χ1v) is 5.94. The summed E-state index contributed by atoms with van der Waals surface area (Å²) in [6.07, 6.45) is 0.974. The molecule has 17 heavy (non-hydrogen) atoms. The molecule has 0 aromatic heterocycles. The van der Waals surface area contributed by atoms with Crippen molar-refractivity contribution in [3.63, 3.8) is 0 Å². The van der Waals surface area contributed by atoms with Crippen LogP contribution < -0.4 is 0 Å². The van der Waals surface area contributed by atoms with Crippen LogP contribution in [0.25, 0.3) is 21.5 Å². The van der Waals surface area contributed by atoms with Gasteiger partial charge in [-0.2, -0.15) is 0 Å². The molecule has 3 aromatic carbocycles. The topological polar surface area (TPSA) is 20.2 Å². The Hall–Kier alpha value is -2.02. The van der Waals surface area contributed by atoms with Crippen LogP contribution in [0.2, 0.25) is 0 Å². The Labute approximate surface area is 100 Å². The third kappa shape index (κ3) is 1.39. The van der Waals surface area contributed by atoms with E-state index >= 15 is 0 Å². The highest BCUT2D eigenvalue weighted by atomic mass is 16.3. The minimum Gasteiger partial charge on any atom is -0.507 e. The first kappa shape index (κ1) is 10.2. The summed E-state index contributed by atoms with van der Waals surface area (Å²) in [6.45, 7) is 2.16. The van der Waals surface area contributed by atoms with Crippen molar-refractivity contribution in [1.29, 1.82) is 0 Å². The number of hydrogen-bond acceptors (Lipinski definition) is 1. The standard InChI is InChI=1S/C16H14O/c1-2-11-12-7-3-5-9-14(12)16(17)15-10-6-4-8-13(11)15/h3-10,17H,2H2,1H3. The number of benzene rings is 3. The fourth-order valence-electron chi connectivity index (χ4n) is 2.58. The highest BCUT2D eigenvalue weighted by molar-refractivity contribution is 6.08. The molecule has 0 spiro atoms. The van der Waals surface area contributed by atoms with Gasteiger partial charge in [0.25, 0.3) is 0 Å². The molecule has 0 bridgehead atoms. The summed E-state index contributed by atoms with van der Waals surface area (Å²) in [4.78, 5) is 0. The first-order chi connectivity index (χ1) is 8.33. The smallest absolute Gasteiger partial charge is 0.131 e. The van der Waals surface area contributed by atoms with Gasteiger partial charge in [-0.05, 0) is 22.8 Å². The van der Waals surface area contributed by atoms with E-state index in [-0.39, 0.29) is 0 Å². The summed E-state index contributed by atoms with van der Waals surface area (Å²) < 4.78 is 0. The minimum atomic E-state index is 0.397. The van der Waals surface area contributed by atoms with Crippen molar-refractivity contribution in [3.8, 4) is 5.75 Å². The van der Waals surface area contributed by atoms with Gasteiger partial charge >= 0.3 is 0 Å². The molecule has 1 nitrogen and oxygen atoms in total. The van der Waals surface area contributed by atoms with Crippen LogP contribution in [0.5, 0.6) is 5.75 Å². The second kappa shape index (κ2) is 3.77. The van der Waals surface area contributed by atoms with Gasteiger partial charge in [0, 0.05) is 10.8 Å². The lowest BCUT2D eigenvalue weighted by Gasteiger charge is -2.11. The average molecular weight is 222 g/mol. The van der Waals surface area contributed by atoms with Crippen molar-refractivity contribution < 1.29 is 5.11 Å². The van der Waals surface area contributed by atoms with E-state index in [2.05, 4.69) is 19.1 Å². The van der Waals surface area contributed by atoms with Gasteiger partial charge in [-0.15, -0.1) is 0 Å². The number of phenols is 1. The lowest BCUT2D eigenvalue weighted by Crippen LogP contribution is -1.88. The van der Waals surface area contributed by atoms with Gasteiger partial charge in [0.05, 0.1) is 0 Å². The van der Waals surface area contributed by atoms with Crippen LogP contribution >= 0.6 is 0 Å². The molecule has 3 aromatic rings. The van der Waals surface area contributed by atoms with Crippen LogP contribution in [-0.2, 0) is 6.42 Å². The Bertz CT molecular complexity index is 641. The Balaban J connectivity index is 2.63. The quantitative estimate of drug-likeness (QED) is 0.610. The van der Waals surface area contributed by atoms with E-state index in [1.54, 1.807) is 0 Å². The second-order valence-electron chi connectivity index (χ2n) is 4.27. The number of phenolic OH excluding ortho intramolecular Hbond substituents is 1. The molecule has 3 rings (SSSR count). The molecule has 0 saturated heterocycles. The molecule has 0 unspecified atom stereocenters. The summed E-state index contributed by atoms with van der Waals surface area (Å²) in [5, 5.41) is 14.5. The lowest BCUT2D eigenvalue weighted by atomic mass is 9.94. The third-order valence-corrected chi connectivity index (χ3v) is 3.37. The lowest BCUT2D eigenvalue weighted by molar-refractivity contribution is 0.487. The SMILES string of the molecule is CCc1c2ccccc2c(O)c2ccccc12. The number of fused-ring (bicyclic) bond motifs is 2. The molecule has 0 amide bonds. The van der Waals surface area contributed by atoms with Crippen molar-refractivity contribution in [2.75, 3.05) is 0 Å². The molecule has 0 radical (unpaired) electrons. The monoisotopic (exact) mass is 222 g/mol. The number of aryl methyl sites for hydroxylation is 1. The van der Waals surface area contributed by atoms with E-state index in [4.69, 9.17) is 0 Å². The van der Waals surface area contributed by atoms with Gasteiger partial charge in [0.1, 0.15) is 5.75 Å². The molecule has 1 N–H and O–H groups in total. The number of rotatable bonds is 1. The molecule has 0 heterocycles. The molecule has 0 aliphatic rings. The van der Waals surface area contributed by atoms with Crippen molar-refractivity contribution in [2.45, 2.75) is 13.3 Å². The molecule has 0 aliphatic carbocycles. The Kier molecular flexibility index (Phi) is 2.25. The van der Waals surface area contributed by atoms with Gasteiger partial charge < -0.3 is 5.11 Å².